The molecule has 0 unspecified atom stereocenters. The van der Waals surface area contributed by atoms with Crippen molar-refractivity contribution in [2.24, 2.45) is 0 Å². The molecule has 3 rings (SSSR count). The van der Waals surface area contributed by atoms with Crippen molar-refractivity contribution in [2.45, 2.75) is 57.9 Å². The van der Waals surface area contributed by atoms with E-state index in [0.717, 1.165) is 18.5 Å². The number of para-hydroxylation sites is 1. The van der Waals surface area contributed by atoms with Gasteiger partial charge in [0, 0.05) is 36.1 Å². The Kier molecular flexibility index (Phi) is 4.81. The Hall–Kier alpha value is -1.77. The summed E-state index contributed by atoms with van der Waals surface area (Å²) in [6.07, 6.45) is 9.75. The fraction of sp³-hybridized carbons (Fsp3) is 0.526. The van der Waals surface area contributed by atoms with Crippen LogP contribution in [0.3, 0.4) is 0 Å². The molecule has 0 bridgehead atoms. The molecule has 3 nitrogen and oxygen atoms in total. The number of aryl methyl sites for hydroxylation is 1. The second kappa shape index (κ2) is 6.99. The summed E-state index contributed by atoms with van der Waals surface area (Å²) in [5.74, 6) is 0.319. The number of fused-ring (bicyclic) bond motifs is 1. The molecule has 3 heteroatoms. The van der Waals surface area contributed by atoms with Crippen molar-refractivity contribution < 1.29 is 4.79 Å². The van der Waals surface area contributed by atoms with Gasteiger partial charge in [0.15, 0.2) is 0 Å². The van der Waals surface area contributed by atoms with Gasteiger partial charge in [-0.3, -0.25) is 4.79 Å². The quantitative estimate of drug-likeness (QED) is 0.878. The number of carbonyl (C=O) groups excluding carboxylic acids is 1. The van der Waals surface area contributed by atoms with Crippen molar-refractivity contribution in [3.8, 4) is 0 Å². The van der Waals surface area contributed by atoms with Crippen LogP contribution in [0.2, 0.25) is 0 Å². The fourth-order valence-corrected chi connectivity index (χ4v) is 3.75. The van der Waals surface area contributed by atoms with E-state index in [1.54, 1.807) is 0 Å². The van der Waals surface area contributed by atoms with E-state index in [1.807, 2.05) is 6.07 Å². The third-order valence-electron chi connectivity index (χ3n) is 4.96. The van der Waals surface area contributed by atoms with Crippen molar-refractivity contribution in [3.63, 3.8) is 0 Å². The molecule has 1 amide bonds. The van der Waals surface area contributed by atoms with Crippen LogP contribution in [0.15, 0.2) is 30.5 Å². The number of hydrogen-bond donors (Lipinski definition) is 1. The lowest BCUT2D eigenvalue weighted by molar-refractivity contribution is -0.133. The fourth-order valence-electron chi connectivity index (χ4n) is 3.75. The summed E-state index contributed by atoms with van der Waals surface area (Å²) in [6, 6.07) is 8.79. The summed E-state index contributed by atoms with van der Waals surface area (Å²) < 4.78 is 0. The maximum atomic E-state index is 12.6. The van der Waals surface area contributed by atoms with Gasteiger partial charge in [0.25, 0.3) is 0 Å². The van der Waals surface area contributed by atoms with E-state index in [-0.39, 0.29) is 0 Å². The smallest absolute Gasteiger partial charge is 0.223 e. The number of carbonyl (C=O) groups is 1. The largest absolute Gasteiger partial charge is 0.361 e. The molecule has 0 spiro atoms. The van der Waals surface area contributed by atoms with Gasteiger partial charge in [0.05, 0.1) is 0 Å². The molecule has 1 heterocycles. The molecule has 1 N–H and O–H groups in total. The Labute approximate surface area is 132 Å². The first kappa shape index (κ1) is 15.1. The van der Waals surface area contributed by atoms with E-state index in [9.17, 15) is 4.79 Å². The van der Waals surface area contributed by atoms with E-state index in [0.29, 0.717) is 18.4 Å². The number of aromatic amines is 1. The van der Waals surface area contributed by atoms with Gasteiger partial charge in [0.2, 0.25) is 5.91 Å². The molecule has 0 radical (unpaired) electrons. The van der Waals surface area contributed by atoms with Crippen LogP contribution in [0.1, 0.15) is 51.0 Å². The molecule has 1 aliphatic rings. The maximum Gasteiger partial charge on any atom is 0.223 e. The zero-order valence-corrected chi connectivity index (χ0v) is 13.5. The third-order valence-corrected chi connectivity index (χ3v) is 4.96. The van der Waals surface area contributed by atoms with E-state index >= 15 is 0 Å². The van der Waals surface area contributed by atoms with Crippen LogP contribution in [-0.2, 0) is 11.2 Å². The monoisotopic (exact) mass is 298 g/mol. The Morgan fingerprint density at radius 2 is 2.00 bits per heavy atom. The summed E-state index contributed by atoms with van der Waals surface area (Å²) in [5.41, 5.74) is 2.41. The average Bonchev–Trinajstić information content (AvgIpc) is 2.98. The number of amides is 1. The second-order valence-corrected chi connectivity index (χ2v) is 6.33. The molecule has 0 aliphatic heterocycles. The highest BCUT2D eigenvalue weighted by molar-refractivity contribution is 5.84. The van der Waals surface area contributed by atoms with Crippen LogP contribution in [-0.4, -0.2) is 28.4 Å². The van der Waals surface area contributed by atoms with Crippen molar-refractivity contribution in [1.82, 2.24) is 9.88 Å². The molecule has 2 aromatic rings. The van der Waals surface area contributed by atoms with Gasteiger partial charge in [-0.05, 0) is 37.8 Å². The van der Waals surface area contributed by atoms with Gasteiger partial charge < -0.3 is 9.88 Å². The lowest BCUT2D eigenvalue weighted by Crippen LogP contribution is -2.41. The minimum absolute atomic E-state index is 0.319. The van der Waals surface area contributed by atoms with Crippen molar-refractivity contribution in [2.75, 3.05) is 6.54 Å². The lowest BCUT2D eigenvalue weighted by atomic mass is 9.94. The highest BCUT2D eigenvalue weighted by atomic mass is 16.2. The molecule has 22 heavy (non-hydrogen) atoms. The maximum absolute atomic E-state index is 12.6. The normalized spacial score (nSPS) is 16.0. The summed E-state index contributed by atoms with van der Waals surface area (Å²) in [4.78, 5) is 18.0. The first-order valence-electron chi connectivity index (χ1n) is 8.64. The van der Waals surface area contributed by atoms with E-state index in [1.165, 1.54) is 43.1 Å². The van der Waals surface area contributed by atoms with Crippen LogP contribution in [0.4, 0.5) is 0 Å². The van der Waals surface area contributed by atoms with Gasteiger partial charge in [-0.1, -0.05) is 37.5 Å². The Morgan fingerprint density at radius 3 is 2.77 bits per heavy atom. The molecule has 118 valence electrons. The first-order chi connectivity index (χ1) is 10.8. The number of aromatic nitrogens is 1. The summed E-state index contributed by atoms with van der Waals surface area (Å²) >= 11 is 0. The number of hydrogen-bond acceptors (Lipinski definition) is 1. The number of nitrogens with zero attached hydrogens (tertiary/aromatic N) is 1. The molecular formula is C19H26N2O. The van der Waals surface area contributed by atoms with Crippen molar-refractivity contribution in [3.05, 3.63) is 36.0 Å². The number of rotatable bonds is 5. The zero-order valence-electron chi connectivity index (χ0n) is 13.5. The van der Waals surface area contributed by atoms with Crippen LogP contribution >= 0.6 is 0 Å². The highest BCUT2D eigenvalue weighted by Crippen LogP contribution is 2.24. The highest BCUT2D eigenvalue weighted by Gasteiger charge is 2.23. The molecule has 1 aliphatic carbocycles. The third kappa shape index (κ3) is 3.18. The van der Waals surface area contributed by atoms with Gasteiger partial charge in [0.1, 0.15) is 0 Å². The van der Waals surface area contributed by atoms with E-state index in [2.05, 4.69) is 41.2 Å². The van der Waals surface area contributed by atoms with E-state index in [4.69, 9.17) is 0 Å². The molecule has 0 atom stereocenters. The Morgan fingerprint density at radius 1 is 1.23 bits per heavy atom. The lowest BCUT2D eigenvalue weighted by Gasteiger charge is -2.33. The van der Waals surface area contributed by atoms with Gasteiger partial charge >= 0.3 is 0 Å². The summed E-state index contributed by atoms with van der Waals surface area (Å²) in [6.45, 7) is 2.95. The van der Waals surface area contributed by atoms with Gasteiger partial charge in [-0.15, -0.1) is 0 Å². The van der Waals surface area contributed by atoms with Crippen molar-refractivity contribution >= 4 is 16.8 Å². The predicted molar refractivity (Wildman–Crippen MR) is 90.9 cm³/mol. The average molecular weight is 298 g/mol. The van der Waals surface area contributed by atoms with Crippen LogP contribution in [0, 0.1) is 0 Å². The zero-order chi connectivity index (χ0) is 15.4. The predicted octanol–water partition coefficient (Wildman–Crippen LogP) is 4.28. The topological polar surface area (TPSA) is 36.1 Å². The minimum Gasteiger partial charge on any atom is -0.361 e. The molecule has 1 aromatic carbocycles. The first-order valence-corrected chi connectivity index (χ1v) is 8.64. The van der Waals surface area contributed by atoms with Gasteiger partial charge in [-0.25, -0.2) is 0 Å². The number of benzene rings is 1. The standard InChI is InChI=1S/C19H26N2O/c1-2-21(16-8-4-3-5-9-16)19(22)13-12-15-14-20-18-11-7-6-10-17(15)18/h6-7,10-11,14,16,20H,2-5,8-9,12-13H2,1H3. The molecule has 1 fully saturated rings. The summed E-state index contributed by atoms with van der Waals surface area (Å²) in [5, 5.41) is 1.25. The minimum atomic E-state index is 0.319. The number of nitrogens with one attached hydrogen (secondary N) is 1. The molecule has 0 saturated heterocycles. The van der Waals surface area contributed by atoms with E-state index < -0.39 is 0 Å². The summed E-state index contributed by atoms with van der Waals surface area (Å²) in [7, 11) is 0. The molecule has 1 aromatic heterocycles. The SMILES string of the molecule is CCN(C(=O)CCc1c[nH]c2ccccc12)C1CCCCC1. The van der Waals surface area contributed by atoms with Gasteiger partial charge in [-0.2, -0.15) is 0 Å². The molecular weight excluding hydrogens is 272 g/mol. The van der Waals surface area contributed by atoms with Crippen molar-refractivity contribution in [1.29, 1.82) is 0 Å². The number of H-pyrrole nitrogens is 1. The van der Waals surface area contributed by atoms with Crippen LogP contribution in [0.5, 0.6) is 0 Å². The second-order valence-electron chi connectivity index (χ2n) is 6.33. The van der Waals surface area contributed by atoms with Crippen LogP contribution < -0.4 is 0 Å². The Bertz CT molecular complexity index is 625. The molecule has 1 saturated carbocycles. The van der Waals surface area contributed by atoms with Crippen LogP contribution in [0.25, 0.3) is 10.9 Å². The Balaban J connectivity index is 1.63.